The molecule has 1 fully saturated rings. The van der Waals surface area contributed by atoms with Crippen LogP contribution in [0.1, 0.15) is 43.5 Å². The van der Waals surface area contributed by atoms with Crippen LogP contribution in [0, 0.1) is 0 Å². The maximum absolute atomic E-state index is 12.1. The Balaban J connectivity index is 1.96. The van der Waals surface area contributed by atoms with Crippen molar-refractivity contribution in [2.24, 2.45) is 0 Å². The van der Waals surface area contributed by atoms with E-state index in [0.717, 1.165) is 25.9 Å². The summed E-state index contributed by atoms with van der Waals surface area (Å²) in [7, 11) is 1.55. The fourth-order valence-electron chi connectivity index (χ4n) is 2.34. The highest BCUT2D eigenvalue weighted by molar-refractivity contribution is 5.90. The maximum Gasteiger partial charge on any atom is 0.338 e. The minimum atomic E-state index is -0.372. The van der Waals surface area contributed by atoms with Gasteiger partial charge in [-0.05, 0) is 51.3 Å². The van der Waals surface area contributed by atoms with Crippen molar-refractivity contribution in [2.75, 3.05) is 20.3 Å². The summed E-state index contributed by atoms with van der Waals surface area (Å²) in [5.74, 6) is 0.769. The van der Waals surface area contributed by atoms with Crippen LogP contribution in [0.4, 0.5) is 0 Å². The summed E-state index contributed by atoms with van der Waals surface area (Å²) in [6, 6.07) is 5.05. The lowest BCUT2D eigenvalue weighted by atomic mass is 10.1. The summed E-state index contributed by atoms with van der Waals surface area (Å²) >= 11 is 0. The summed E-state index contributed by atoms with van der Waals surface area (Å²) in [5.41, 5.74) is 0.448. The first-order valence-corrected chi connectivity index (χ1v) is 7.73. The molecule has 0 N–H and O–H groups in total. The van der Waals surface area contributed by atoms with Crippen molar-refractivity contribution in [2.45, 2.75) is 45.3 Å². The molecule has 1 atom stereocenters. The third-order valence-electron chi connectivity index (χ3n) is 3.44. The van der Waals surface area contributed by atoms with Crippen LogP contribution in [0.2, 0.25) is 0 Å². The molecule has 5 heteroatoms. The molecule has 0 aliphatic carbocycles. The lowest BCUT2D eigenvalue weighted by Gasteiger charge is -2.22. The van der Waals surface area contributed by atoms with Gasteiger partial charge in [-0.2, -0.15) is 0 Å². The second-order valence-electron chi connectivity index (χ2n) is 5.62. The Kier molecular flexibility index (Phi) is 6.07. The van der Waals surface area contributed by atoms with Crippen LogP contribution >= 0.6 is 0 Å². The summed E-state index contributed by atoms with van der Waals surface area (Å²) in [4.78, 5) is 12.1. The van der Waals surface area contributed by atoms with Crippen molar-refractivity contribution >= 4 is 5.97 Å². The first-order chi connectivity index (χ1) is 10.6. The van der Waals surface area contributed by atoms with Gasteiger partial charge < -0.3 is 18.9 Å². The lowest BCUT2D eigenvalue weighted by Crippen LogP contribution is -2.25. The van der Waals surface area contributed by atoms with Crippen LogP contribution in [-0.4, -0.2) is 38.5 Å². The van der Waals surface area contributed by atoms with Gasteiger partial charge in [-0.3, -0.25) is 0 Å². The number of carbonyl (C=O) groups excluding carboxylic acids is 1. The molecule has 0 aromatic heterocycles. The van der Waals surface area contributed by atoms with E-state index in [4.69, 9.17) is 18.9 Å². The Morgan fingerprint density at radius 3 is 2.77 bits per heavy atom. The summed E-state index contributed by atoms with van der Waals surface area (Å²) < 4.78 is 21.8. The Morgan fingerprint density at radius 1 is 1.32 bits per heavy atom. The van der Waals surface area contributed by atoms with Crippen LogP contribution in [0.5, 0.6) is 11.5 Å². The second kappa shape index (κ2) is 8.03. The summed E-state index contributed by atoms with van der Waals surface area (Å²) in [5, 5.41) is 0. The average molecular weight is 308 g/mol. The van der Waals surface area contributed by atoms with E-state index in [9.17, 15) is 4.79 Å². The van der Waals surface area contributed by atoms with Crippen molar-refractivity contribution in [1.29, 1.82) is 0 Å². The molecule has 122 valence electrons. The van der Waals surface area contributed by atoms with Gasteiger partial charge in [-0.15, -0.1) is 0 Å². The lowest BCUT2D eigenvalue weighted by molar-refractivity contribution is -0.0300. The predicted molar refractivity (Wildman–Crippen MR) is 82.6 cm³/mol. The molecule has 0 amide bonds. The molecule has 0 spiro atoms. The van der Waals surface area contributed by atoms with Crippen molar-refractivity contribution in [3.63, 3.8) is 0 Å². The SMILES string of the molecule is COc1cc(C(=O)OCC2CCCCO2)ccc1OC(C)C. The molecule has 0 radical (unpaired) electrons. The minimum Gasteiger partial charge on any atom is -0.493 e. The van der Waals surface area contributed by atoms with Crippen LogP contribution in [0.15, 0.2) is 18.2 Å². The van der Waals surface area contributed by atoms with Gasteiger partial charge in [0.25, 0.3) is 0 Å². The van der Waals surface area contributed by atoms with Crippen LogP contribution in [0.25, 0.3) is 0 Å². The highest BCUT2D eigenvalue weighted by Gasteiger charge is 2.18. The van der Waals surface area contributed by atoms with E-state index >= 15 is 0 Å². The zero-order valence-electron chi connectivity index (χ0n) is 13.5. The molecule has 2 rings (SSSR count). The topological polar surface area (TPSA) is 54.0 Å². The van der Waals surface area contributed by atoms with Gasteiger partial charge in [0, 0.05) is 6.61 Å². The van der Waals surface area contributed by atoms with Gasteiger partial charge in [-0.25, -0.2) is 4.79 Å². The first kappa shape index (κ1) is 16.6. The van der Waals surface area contributed by atoms with Crippen molar-refractivity contribution in [3.05, 3.63) is 23.8 Å². The first-order valence-electron chi connectivity index (χ1n) is 7.73. The van der Waals surface area contributed by atoms with E-state index in [-0.39, 0.29) is 18.2 Å². The molecule has 5 nitrogen and oxygen atoms in total. The van der Waals surface area contributed by atoms with Gasteiger partial charge in [0.05, 0.1) is 24.9 Å². The molecular weight excluding hydrogens is 284 g/mol. The number of benzene rings is 1. The molecule has 22 heavy (non-hydrogen) atoms. The number of hydrogen-bond acceptors (Lipinski definition) is 5. The fraction of sp³-hybridized carbons (Fsp3) is 0.588. The zero-order valence-corrected chi connectivity index (χ0v) is 13.5. The van der Waals surface area contributed by atoms with Crippen LogP contribution in [0.3, 0.4) is 0 Å². The molecule has 1 unspecified atom stereocenters. The van der Waals surface area contributed by atoms with Crippen molar-refractivity contribution in [1.82, 2.24) is 0 Å². The Bertz CT molecular complexity index is 492. The molecule has 1 saturated heterocycles. The van der Waals surface area contributed by atoms with E-state index in [2.05, 4.69) is 0 Å². The van der Waals surface area contributed by atoms with Gasteiger partial charge in [0.1, 0.15) is 6.61 Å². The van der Waals surface area contributed by atoms with Gasteiger partial charge in [-0.1, -0.05) is 0 Å². The highest BCUT2D eigenvalue weighted by Crippen LogP contribution is 2.29. The smallest absolute Gasteiger partial charge is 0.338 e. The average Bonchev–Trinajstić information content (AvgIpc) is 2.53. The maximum atomic E-state index is 12.1. The van der Waals surface area contributed by atoms with Crippen LogP contribution in [-0.2, 0) is 9.47 Å². The minimum absolute atomic E-state index is 0.0168. The molecule has 1 aliphatic rings. The summed E-state index contributed by atoms with van der Waals surface area (Å²) in [6.45, 7) is 4.92. The van der Waals surface area contributed by atoms with Crippen molar-refractivity contribution in [3.8, 4) is 11.5 Å². The quantitative estimate of drug-likeness (QED) is 0.755. The predicted octanol–water partition coefficient (Wildman–Crippen LogP) is 3.21. The van der Waals surface area contributed by atoms with Gasteiger partial charge >= 0.3 is 5.97 Å². The number of ether oxygens (including phenoxy) is 4. The molecule has 1 aromatic rings. The van der Waals surface area contributed by atoms with E-state index in [0.29, 0.717) is 23.7 Å². The third kappa shape index (κ3) is 4.63. The normalized spacial score (nSPS) is 18.1. The number of hydrogen-bond donors (Lipinski definition) is 0. The molecular formula is C17H24O5. The van der Waals surface area contributed by atoms with E-state index in [1.165, 1.54) is 0 Å². The van der Waals surface area contributed by atoms with Crippen LogP contribution < -0.4 is 9.47 Å². The monoisotopic (exact) mass is 308 g/mol. The highest BCUT2D eigenvalue weighted by atomic mass is 16.6. The van der Waals surface area contributed by atoms with Crippen molar-refractivity contribution < 1.29 is 23.7 Å². The number of rotatable bonds is 6. The number of esters is 1. The zero-order chi connectivity index (χ0) is 15.9. The van der Waals surface area contributed by atoms with E-state index in [1.54, 1.807) is 25.3 Å². The van der Waals surface area contributed by atoms with Gasteiger partial charge in [0.2, 0.25) is 0 Å². The van der Waals surface area contributed by atoms with Gasteiger partial charge in [0.15, 0.2) is 11.5 Å². The Morgan fingerprint density at radius 2 is 2.14 bits per heavy atom. The van der Waals surface area contributed by atoms with E-state index in [1.807, 2.05) is 13.8 Å². The summed E-state index contributed by atoms with van der Waals surface area (Å²) in [6.07, 6.45) is 3.20. The fourth-order valence-corrected chi connectivity index (χ4v) is 2.34. The Labute approximate surface area is 131 Å². The molecule has 1 heterocycles. The third-order valence-corrected chi connectivity index (χ3v) is 3.44. The second-order valence-corrected chi connectivity index (χ2v) is 5.62. The molecule has 1 aliphatic heterocycles. The molecule has 0 bridgehead atoms. The molecule has 0 saturated carbocycles. The van der Waals surface area contributed by atoms with E-state index < -0.39 is 0 Å². The Hall–Kier alpha value is -1.75. The largest absolute Gasteiger partial charge is 0.493 e. The molecule has 1 aromatic carbocycles. The number of methoxy groups -OCH3 is 1. The standard InChI is InChI=1S/C17H24O5/c1-12(2)22-15-8-7-13(10-16(15)19-3)17(18)21-11-14-6-4-5-9-20-14/h7-8,10,12,14H,4-6,9,11H2,1-3H3. The number of carbonyl (C=O) groups is 1.